The van der Waals surface area contributed by atoms with Gasteiger partial charge in [0.15, 0.2) is 5.42 Å². The number of rotatable bonds is 5. The monoisotopic (exact) mass is 1070 g/mol. The van der Waals surface area contributed by atoms with Gasteiger partial charge in [-0.15, -0.1) is 0 Å². The van der Waals surface area contributed by atoms with Crippen molar-refractivity contribution >= 4 is 77.0 Å². The summed E-state index contributed by atoms with van der Waals surface area (Å²) in [6.07, 6.45) is -5.36. The number of fused-ring (bicyclic) bond motifs is 1. The molecule has 3 unspecified atom stereocenters. The Kier molecular flexibility index (Phi) is 21.2. The molecular formula is C49H55Br3F6N4O. The van der Waals surface area contributed by atoms with Gasteiger partial charge in [-0.2, -0.15) is 26.3 Å². The molecule has 6 N–H and O–H groups in total. The minimum Gasteiger partial charge on any atom is -0.436 e. The van der Waals surface area contributed by atoms with Crippen LogP contribution in [0.4, 0.5) is 43.4 Å². The maximum Gasteiger partial charge on any atom is 0.402 e. The van der Waals surface area contributed by atoms with Crippen molar-refractivity contribution in [1.82, 2.24) is 4.98 Å². The normalized spacial score (nSPS) is 14.6. The first-order valence-electron chi connectivity index (χ1n) is 19.4. The number of halogens is 9. The molecule has 5 aromatic carbocycles. The van der Waals surface area contributed by atoms with E-state index in [0.29, 0.717) is 33.6 Å². The Morgan fingerprint density at radius 3 is 1.56 bits per heavy atom. The molecule has 0 amide bonds. The molecule has 340 valence electrons. The number of oxazole rings is 1. The van der Waals surface area contributed by atoms with Crippen LogP contribution in [-0.2, 0) is 10.8 Å². The molecule has 0 saturated carbocycles. The molecule has 3 atom stereocenters. The molecule has 5 nitrogen and oxygen atoms in total. The largest absolute Gasteiger partial charge is 0.436 e. The number of aryl methyl sites for hydroxylation is 3. The van der Waals surface area contributed by atoms with Gasteiger partial charge in [0.2, 0.25) is 5.89 Å². The van der Waals surface area contributed by atoms with Crippen LogP contribution in [0, 0.1) is 26.7 Å². The Morgan fingerprint density at radius 2 is 1.06 bits per heavy atom. The van der Waals surface area contributed by atoms with E-state index in [1.807, 2.05) is 79.0 Å². The molecule has 1 aromatic heterocycles. The van der Waals surface area contributed by atoms with Crippen LogP contribution in [-0.4, -0.2) is 34.8 Å². The van der Waals surface area contributed by atoms with Gasteiger partial charge < -0.3 is 21.6 Å². The molecule has 0 fully saturated rings. The number of anilines is 3. The number of para-hydroxylation sites is 1. The smallest absolute Gasteiger partial charge is 0.402 e. The first-order valence-corrected chi connectivity index (χ1v) is 24.1. The molecule has 1 aliphatic rings. The van der Waals surface area contributed by atoms with Crippen LogP contribution in [0.15, 0.2) is 126 Å². The molecule has 1 heterocycles. The average molecular weight is 1070 g/mol. The van der Waals surface area contributed by atoms with Gasteiger partial charge in [-0.05, 0) is 128 Å². The summed E-state index contributed by atoms with van der Waals surface area (Å²) in [5, 5.41) is 0.582. The molecule has 7 rings (SSSR count). The maximum atomic E-state index is 14.3. The van der Waals surface area contributed by atoms with E-state index in [2.05, 4.69) is 52.8 Å². The number of benzene rings is 5. The molecule has 0 bridgehead atoms. The summed E-state index contributed by atoms with van der Waals surface area (Å²) < 4.78 is 89.8. The third-order valence-corrected chi connectivity index (χ3v) is 10.8. The third-order valence-electron chi connectivity index (χ3n) is 10.8. The van der Waals surface area contributed by atoms with Crippen LogP contribution in [0.1, 0.15) is 53.6 Å². The standard InChI is InChI=1S/C23H21F3N2O.C16H16F3N.C7H9N.3CH3Br/c1-14-12-16(8-10-18(14)27)22(2,23(24,25)26)17-9-11-19-20(13-17)29-21(28-19)15-6-4-3-5-7-15;1-11-8-9-13(10-14(11)20)15(2,16(17,18)19)12-6-4-3-5-7-12;1-6-4-2-3-5-7(6)8;3*1-2/h3-8,10-13,17H,9,27H2,1-2H3;3-10H,20H2,1-2H3;2-5H,8H2,1H3;3*1H3. The highest BCUT2D eigenvalue weighted by Gasteiger charge is 2.56. The highest BCUT2D eigenvalue weighted by molar-refractivity contribution is 9.09. The van der Waals surface area contributed by atoms with E-state index in [9.17, 15) is 26.3 Å². The summed E-state index contributed by atoms with van der Waals surface area (Å²) in [5.41, 5.74) is 18.9. The second-order valence-electron chi connectivity index (χ2n) is 14.5. The highest BCUT2D eigenvalue weighted by atomic mass is 79.9. The molecular weight excluding hydrogens is 1010 g/mol. The van der Waals surface area contributed by atoms with Crippen molar-refractivity contribution in [2.75, 3.05) is 34.7 Å². The number of hydrogen-bond acceptors (Lipinski definition) is 5. The van der Waals surface area contributed by atoms with Crippen molar-refractivity contribution in [3.05, 3.63) is 165 Å². The summed E-state index contributed by atoms with van der Waals surface area (Å²) in [7, 11) is 0. The Bertz CT molecular complexity index is 2420. The fourth-order valence-corrected chi connectivity index (χ4v) is 6.60. The lowest BCUT2D eigenvalue weighted by Gasteiger charge is -2.38. The molecule has 0 aliphatic heterocycles. The van der Waals surface area contributed by atoms with Gasteiger partial charge >= 0.3 is 12.4 Å². The van der Waals surface area contributed by atoms with Gasteiger partial charge in [0.1, 0.15) is 10.8 Å². The number of nitrogens with zero attached hydrogens (tertiary/aromatic N) is 1. The van der Waals surface area contributed by atoms with Crippen LogP contribution in [0.5, 0.6) is 0 Å². The fraction of sp³-hybridized carbons (Fsp3) is 0.286. The summed E-state index contributed by atoms with van der Waals surface area (Å²) in [6, 6.07) is 34.1. The summed E-state index contributed by atoms with van der Waals surface area (Å²) in [5.74, 6) is 5.02. The first-order chi connectivity index (χ1) is 29.8. The number of nitrogens with two attached hydrogens (primary N) is 3. The Balaban J connectivity index is 0.000000346. The minimum atomic E-state index is -4.45. The lowest BCUT2D eigenvalue weighted by atomic mass is 9.68. The topological polar surface area (TPSA) is 104 Å². The van der Waals surface area contributed by atoms with Gasteiger partial charge in [0.05, 0.1) is 5.41 Å². The van der Waals surface area contributed by atoms with Crippen molar-refractivity contribution in [3.8, 4) is 11.5 Å². The van der Waals surface area contributed by atoms with Crippen molar-refractivity contribution in [3.63, 3.8) is 0 Å². The molecule has 63 heavy (non-hydrogen) atoms. The third kappa shape index (κ3) is 13.3. The van der Waals surface area contributed by atoms with E-state index in [1.54, 1.807) is 50.3 Å². The van der Waals surface area contributed by atoms with E-state index in [-0.39, 0.29) is 23.1 Å². The Labute approximate surface area is 392 Å². The average Bonchev–Trinajstić information content (AvgIpc) is 3.72. The summed E-state index contributed by atoms with van der Waals surface area (Å²) in [4.78, 5) is 4.45. The van der Waals surface area contributed by atoms with Crippen LogP contribution >= 0.6 is 47.8 Å². The second-order valence-corrected chi connectivity index (χ2v) is 14.5. The summed E-state index contributed by atoms with van der Waals surface area (Å²) >= 11 is 8.81. The zero-order chi connectivity index (χ0) is 47.8. The van der Waals surface area contributed by atoms with E-state index in [1.165, 1.54) is 56.3 Å². The van der Waals surface area contributed by atoms with Gasteiger partial charge in [0.25, 0.3) is 0 Å². The van der Waals surface area contributed by atoms with Crippen LogP contribution in [0.3, 0.4) is 0 Å². The Hall–Kier alpha value is -4.53. The van der Waals surface area contributed by atoms with Crippen LogP contribution < -0.4 is 28.0 Å². The van der Waals surface area contributed by atoms with E-state index >= 15 is 0 Å². The second kappa shape index (κ2) is 24.5. The molecule has 0 saturated heterocycles. The molecule has 0 spiro atoms. The predicted octanol–water partition coefficient (Wildman–Crippen LogP) is 13.4. The maximum absolute atomic E-state index is 14.3. The summed E-state index contributed by atoms with van der Waals surface area (Å²) in [6.45, 7) is 7.91. The lowest BCUT2D eigenvalue weighted by molar-refractivity contribution is -0.194. The van der Waals surface area contributed by atoms with Crippen molar-refractivity contribution < 1.29 is 30.8 Å². The van der Waals surface area contributed by atoms with Gasteiger partial charge in [-0.1, -0.05) is 145 Å². The van der Waals surface area contributed by atoms with E-state index in [4.69, 9.17) is 21.6 Å². The zero-order valence-electron chi connectivity index (χ0n) is 36.5. The van der Waals surface area contributed by atoms with Crippen LogP contribution in [0.2, 0.25) is 0 Å². The van der Waals surface area contributed by atoms with Gasteiger partial charge in [-0.25, -0.2) is 4.98 Å². The first kappa shape index (κ1) is 54.6. The number of alkyl halides is 9. The quantitative estimate of drug-likeness (QED) is 0.0906. The molecule has 14 heteroatoms. The van der Waals surface area contributed by atoms with Crippen molar-refractivity contribution in [2.24, 2.45) is 5.92 Å². The number of nitrogen functional groups attached to an aromatic ring is 3. The molecule has 1 aliphatic carbocycles. The fourth-order valence-electron chi connectivity index (χ4n) is 6.60. The van der Waals surface area contributed by atoms with E-state index in [0.717, 1.165) is 22.4 Å². The lowest BCUT2D eigenvalue weighted by Crippen LogP contribution is -2.47. The van der Waals surface area contributed by atoms with Gasteiger partial charge in [0, 0.05) is 28.5 Å². The number of aromatic nitrogens is 1. The van der Waals surface area contributed by atoms with Crippen molar-refractivity contribution in [1.29, 1.82) is 0 Å². The Morgan fingerprint density at radius 1 is 0.556 bits per heavy atom. The van der Waals surface area contributed by atoms with E-state index < -0.39 is 29.1 Å². The minimum absolute atomic E-state index is 0.152. The predicted molar refractivity (Wildman–Crippen MR) is 262 cm³/mol. The van der Waals surface area contributed by atoms with Crippen LogP contribution in [0.25, 0.3) is 23.6 Å². The number of hydrogen-bond donors (Lipinski definition) is 3. The molecule has 6 aromatic rings. The van der Waals surface area contributed by atoms with Gasteiger partial charge in [-0.3, -0.25) is 0 Å². The van der Waals surface area contributed by atoms with Crippen molar-refractivity contribution in [2.45, 2.75) is 64.2 Å². The zero-order valence-corrected chi connectivity index (χ0v) is 41.2. The molecule has 0 radical (unpaired) electrons. The highest BCUT2D eigenvalue weighted by Crippen LogP contribution is 2.49. The SMILES string of the molecule is CBr.CBr.CBr.Cc1cc(C(C)(C2C=c3oc(-c4ccccc4)nc3=CC2)C(F)(F)F)ccc1N.Cc1ccc(C(C)(c2ccccc2)C(F)(F)F)cc1N.Cc1ccccc1N.